The van der Waals surface area contributed by atoms with Crippen molar-refractivity contribution < 1.29 is 0 Å². The van der Waals surface area contributed by atoms with Gasteiger partial charge in [-0.05, 0) is 44.2 Å². The fraction of sp³-hybridized carbons (Fsp3) is 0.217. The summed E-state index contributed by atoms with van der Waals surface area (Å²) in [5.74, 6) is 0.478. The number of anilines is 1. The van der Waals surface area contributed by atoms with Crippen LogP contribution >= 0.6 is 0 Å². The van der Waals surface area contributed by atoms with Crippen LogP contribution in [0.25, 0.3) is 11.0 Å². The molecule has 1 heterocycles. The van der Waals surface area contributed by atoms with Gasteiger partial charge in [0.05, 0.1) is 17.6 Å². The molecule has 30 heavy (non-hydrogen) atoms. The lowest BCUT2D eigenvalue weighted by atomic mass is 10.2. The molecule has 4 rings (SSSR count). The Morgan fingerprint density at radius 1 is 0.967 bits per heavy atom. The number of rotatable bonds is 6. The van der Waals surface area contributed by atoms with E-state index in [0.717, 1.165) is 28.7 Å². The van der Waals surface area contributed by atoms with Crippen molar-refractivity contribution in [2.75, 3.05) is 12.5 Å². The smallest absolute Gasteiger partial charge is 0.225 e. The molecule has 0 spiro atoms. The summed E-state index contributed by atoms with van der Waals surface area (Å²) in [5, 5.41) is 7.20. The van der Waals surface area contributed by atoms with E-state index in [1.807, 2.05) is 54.1 Å². The zero-order chi connectivity index (χ0) is 21.3. The Morgan fingerprint density at radius 3 is 2.33 bits per heavy atom. The molecule has 152 valence electrons. The number of hydrogen-bond donors (Lipinski definition) is 2. The van der Waals surface area contributed by atoms with Crippen LogP contribution in [0.3, 0.4) is 0 Å². The molecule has 0 bridgehead atoms. The zero-order valence-electron chi connectivity index (χ0n) is 17.2. The predicted octanol–water partition coefficient (Wildman–Crippen LogP) is 1.94. The second kappa shape index (κ2) is 8.04. The summed E-state index contributed by atoms with van der Waals surface area (Å²) in [4.78, 5) is 29.3. The van der Waals surface area contributed by atoms with E-state index in [-0.39, 0.29) is 16.2 Å². The molecule has 4 aromatic rings. The average Bonchev–Trinajstić information content (AvgIpc) is 3.18. The van der Waals surface area contributed by atoms with E-state index < -0.39 is 0 Å². The van der Waals surface area contributed by atoms with Crippen LogP contribution in [0, 0.1) is 13.8 Å². The maximum Gasteiger partial charge on any atom is 0.225 e. The summed E-state index contributed by atoms with van der Waals surface area (Å²) in [6.07, 6.45) is 0. The minimum Gasteiger partial charge on any atom is -0.316 e. The number of fused-ring (bicyclic) bond motifs is 1. The normalized spacial score (nSPS) is 11.2. The average molecular weight is 401 g/mol. The van der Waals surface area contributed by atoms with Gasteiger partial charge in [0.1, 0.15) is 0 Å². The van der Waals surface area contributed by atoms with E-state index in [1.165, 1.54) is 0 Å². The number of aromatic nitrogens is 2. The molecule has 0 aliphatic heterocycles. The lowest BCUT2D eigenvalue weighted by molar-refractivity contribution is 0.810. The van der Waals surface area contributed by atoms with Crippen molar-refractivity contribution in [2.45, 2.75) is 26.9 Å². The number of imidazole rings is 1. The maximum absolute atomic E-state index is 12.3. The molecule has 0 saturated carbocycles. The maximum atomic E-state index is 12.3. The van der Waals surface area contributed by atoms with Crippen LogP contribution in [0.4, 0.5) is 5.95 Å². The Balaban J connectivity index is 1.83. The minimum atomic E-state index is -0.341. The molecule has 0 fully saturated rings. The van der Waals surface area contributed by atoms with Gasteiger partial charge in [-0.3, -0.25) is 9.59 Å². The van der Waals surface area contributed by atoms with Gasteiger partial charge < -0.3 is 9.88 Å². The van der Waals surface area contributed by atoms with Gasteiger partial charge in [0.25, 0.3) is 0 Å². The highest BCUT2D eigenvalue weighted by molar-refractivity contribution is 5.79. The molecule has 0 radical (unpaired) electrons. The van der Waals surface area contributed by atoms with Crippen LogP contribution in [-0.2, 0) is 13.1 Å². The first-order valence-corrected chi connectivity index (χ1v) is 9.78. The largest absolute Gasteiger partial charge is 0.316 e. The van der Waals surface area contributed by atoms with Crippen LogP contribution < -0.4 is 27.0 Å². The highest BCUT2D eigenvalue weighted by atomic mass is 16.1. The van der Waals surface area contributed by atoms with Crippen molar-refractivity contribution in [2.24, 2.45) is 5.10 Å². The third-order valence-electron chi connectivity index (χ3n) is 5.32. The first-order valence-electron chi connectivity index (χ1n) is 9.78. The highest BCUT2D eigenvalue weighted by Crippen LogP contribution is 2.23. The molecule has 7 heteroatoms. The van der Waals surface area contributed by atoms with E-state index in [2.05, 4.69) is 26.9 Å². The molecule has 0 saturated heterocycles. The zero-order valence-corrected chi connectivity index (χ0v) is 17.2. The van der Waals surface area contributed by atoms with Gasteiger partial charge in [0.2, 0.25) is 16.8 Å². The summed E-state index contributed by atoms with van der Waals surface area (Å²) in [5.41, 5.74) is 7.07. The third kappa shape index (κ3) is 3.55. The summed E-state index contributed by atoms with van der Waals surface area (Å²) in [6, 6.07) is 16.1. The number of nitrogens with one attached hydrogen (secondary N) is 2. The van der Waals surface area contributed by atoms with Crippen molar-refractivity contribution in [3.8, 4) is 0 Å². The molecule has 7 nitrogen and oxygen atoms in total. The Labute approximate surface area is 173 Å². The molecule has 0 aliphatic carbocycles. The Bertz CT molecular complexity index is 1330. The monoisotopic (exact) mass is 401 g/mol. The van der Waals surface area contributed by atoms with Gasteiger partial charge in [-0.25, -0.2) is 10.4 Å². The van der Waals surface area contributed by atoms with Crippen LogP contribution in [0.5, 0.6) is 0 Å². The molecule has 2 N–H and O–H groups in total. The highest BCUT2D eigenvalue weighted by Gasteiger charge is 2.14. The lowest BCUT2D eigenvalue weighted by Gasteiger charge is -2.09. The molecule has 0 atom stereocenters. The summed E-state index contributed by atoms with van der Waals surface area (Å²) >= 11 is 0. The topological polar surface area (TPSA) is 88.4 Å². The molecule has 0 unspecified atom stereocenters. The van der Waals surface area contributed by atoms with Gasteiger partial charge in [-0.1, -0.05) is 36.4 Å². The predicted molar refractivity (Wildman–Crippen MR) is 118 cm³/mol. The van der Waals surface area contributed by atoms with Gasteiger partial charge in [-0.2, -0.15) is 5.10 Å². The summed E-state index contributed by atoms with van der Waals surface area (Å²) < 4.78 is 2.00. The molecule has 1 aromatic heterocycles. The van der Waals surface area contributed by atoms with Crippen molar-refractivity contribution in [3.05, 3.63) is 96.6 Å². The summed E-state index contributed by atoms with van der Waals surface area (Å²) in [6.45, 7) is 4.61. The standard InChI is InChI=1S/C23H23N5O2/c1-14-15(2)22(30)20(21(14)29)26-27-23-25-18-10-9-17(12-24-3)11-19(18)28(23)13-16-7-5-4-6-8-16/h4-11,24H,12-13H2,1-3H3,(H,25,27). The second-order valence-corrected chi connectivity index (χ2v) is 7.34. The van der Waals surface area contributed by atoms with E-state index >= 15 is 0 Å². The second-order valence-electron chi connectivity index (χ2n) is 7.34. The van der Waals surface area contributed by atoms with E-state index in [9.17, 15) is 9.59 Å². The van der Waals surface area contributed by atoms with Gasteiger partial charge in [0.15, 0.2) is 5.36 Å². The number of nitrogens with zero attached hydrogens (tertiary/aromatic N) is 3. The van der Waals surface area contributed by atoms with Crippen molar-refractivity contribution in [1.82, 2.24) is 14.9 Å². The quantitative estimate of drug-likeness (QED) is 0.482. The molecule has 3 aromatic carbocycles. The van der Waals surface area contributed by atoms with Crippen molar-refractivity contribution >= 4 is 17.0 Å². The number of benzene rings is 2. The van der Waals surface area contributed by atoms with Crippen molar-refractivity contribution in [1.29, 1.82) is 0 Å². The molecule has 0 aliphatic rings. The van der Waals surface area contributed by atoms with Crippen LogP contribution in [0.2, 0.25) is 0 Å². The molecule has 0 amide bonds. The summed E-state index contributed by atoms with van der Waals surface area (Å²) in [7, 11) is 1.90. The Hall–Kier alpha value is -3.58. The minimum absolute atomic E-state index is 0.0980. The van der Waals surface area contributed by atoms with Gasteiger partial charge in [0, 0.05) is 17.7 Å². The third-order valence-corrected chi connectivity index (χ3v) is 5.32. The number of hydrogen-bond acceptors (Lipinski definition) is 6. The van der Waals surface area contributed by atoms with Gasteiger partial charge in [-0.15, -0.1) is 0 Å². The van der Waals surface area contributed by atoms with Gasteiger partial charge >= 0.3 is 0 Å². The molecular weight excluding hydrogens is 378 g/mol. The lowest BCUT2D eigenvalue weighted by Crippen LogP contribution is -2.33. The van der Waals surface area contributed by atoms with Crippen LogP contribution in [-0.4, -0.2) is 16.6 Å². The van der Waals surface area contributed by atoms with Crippen molar-refractivity contribution in [3.63, 3.8) is 0 Å². The first kappa shape index (κ1) is 19.7. The Morgan fingerprint density at radius 2 is 1.67 bits per heavy atom. The fourth-order valence-electron chi connectivity index (χ4n) is 3.50. The molecular formula is C23H23N5O2. The SMILES string of the molecule is CNCc1ccc2nc(NN=c3c(=O)c(C)c(C)c3=O)n(Cc3ccccc3)c2c1. The van der Waals surface area contributed by atoms with E-state index in [4.69, 9.17) is 0 Å². The Kier molecular flexibility index (Phi) is 5.29. The fourth-order valence-corrected chi connectivity index (χ4v) is 3.50. The van der Waals surface area contributed by atoms with E-state index in [1.54, 1.807) is 13.8 Å². The first-order chi connectivity index (χ1) is 14.5. The van der Waals surface area contributed by atoms with E-state index in [0.29, 0.717) is 23.6 Å². The van der Waals surface area contributed by atoms with Crippen LogP contribution in [0.1, 0.15) is 22.3 Å². The van der Waals surface area contributed by atoms with Crippen LogP contribution in [0.15, 0.2) is 63.2 Å².